The van der Waals surface area contributed by atoms with E-state index in [9.17, 15) is 44.4 Å². The monoisotopic (exact) mass is 835 g/mol. The SMILES string of the molecule is Cc1cc(SCC2=C(C(=O)O)N3C(=O)C(NC(=O)C(=NOC(C)C(=O)NNC(=O)c4ccc(O)c(O)c4)c4csc(N)n4)[C@@H]3SC2)n2nc(CO)nc2n1.Cl. The molecule has 3 atom stereocenters. The molecule has 4 amide bonds. The predicted octanol–water partition coefficient (Wildman–Crippen LogP) is -0.102. The van der Waals surface area contributed by atoms with E-state index in [1.165, 1.54) is 46.4 Å². The standard InChI is InChI=1S/C30H29N11O10S3.ClH/c1-11-5-19(41-30(32-11)34-18(7-42)38-41)52-8-14-9-53-27-21(26(48)40(27)22(14)28(49)50)35-25(47)20(15-10-54-29(31)33-15)39-51-12(2)23(45)36-37-24(46)13-3-4-16(43)17(44)6-13;/h3-6,10,12,21,27,42-44H,7-9H2,1-2H3,(H2,31,33)(H,35,47)(H,36,45)(H,37,46)(H,49,50);1H/t12?,21?,27-;/m0./s1. The van der Waals surface area contributed by atoms with Crippen molar-refractivity contribution in [2.45, 2.75) is 43.0 Å². The number of nitrogens with one attached hydrogen (secondary N) is 3. The summed E-state index contributed by atoms with van der Waals surface area (Å²) in [4.78, 5) is 83.3. The third-order valence-electron chi connectivity index (χ3n) is 7.71. The van der Waals surface area contributed by atoms with Gasteiger partial charge >= 0.3 is 5.97 Å². The summed E-state index contributed by atoms with van der Waals surface area (Å²) in [5, 5.41) is 50.6. The maximum absolute atomic E-state index is 13.5. The molecule has 6 rings (SSSR count). The molecule has 1 saturated heterocycles. The summed E-state index contributed by atoms with van der Waals surface area (Å²) in [6.45, 7) is 2.63. The third kappa shape index (κ3) is 8.51. The van der Waals surface area contributed by atoms with E-state index >= 15 is 0 Å². The van der Waals surface area contributed by atoms with Crippen LogP contribution in [0.25, 0.3) is 5.78 Å². The number of thiazole rings is 1. The number of carboxylic acid groups (broad SMARTS) is 1. The number of phenolic OH excluding ortho intramolecular Hbond substituents is 2. The summed E-state index contributed by atoms with van der Waals surface area (Å²) in [6, 6.07) is 3.86. The molecule has 55 heavy (non-hydrogen) atoms. The Bertz CT molecular complexity index is 2270. The molecule has 2 unspecified atom stereocenters. The second-order valence-electron chi connectivity index (χ2n) is 11.4. The van der Waals surface area contributed by atoms with Crippen molar-refractivity contribution >= 4 is 93.5 Å². The van der Waals surface area contributed by atoms with E-state index in [4.69, 9.17) is 10.6 Å². The van der Waals surface area contributed by atoms with E-state index in [-0.39, 0.29) is 64.2 Å². The minimum Gasteiger partial charge on any atom is -0.504 e. The van der Waals surface area contributed by atoms with Gasteiger partial charge in [-0.15, -0.1) is 52.4 Å². The van der Waals surface area contributed by atoms with Crippen LogP contribution in [0.5, 0.6) is 11.5 Å². The molecule has 21 nitrogen and oxygen atoms in total. The fourth-order valence-electron chi connectivity index (χ4n) is 5.07. The lowest BCUT2D eigenvalue weighted by molar-refractivity contribution is -0.150. The zero-order chi connectivity index (χ0) is 38.8. The molecule has 0 radical (unpaired) electrons. The number of fused-ring (bicyclic) bond motifs is 2. The van der Waals surface area contributed by atoms with Crippen LogP contribution in [-0.4, -0.2) is 114 Å². The molecule has 0 spiro atoms. The molecule has 5 heterocycles. The summed E-state index contributed by atoms with van der Waals surface area (Å²) < 4.78 is 1.44. The van der Waals surface area contributed by atoms with Gasteiger partial charge in [-0.3, -0.25) is 34.9 Å². The number of hydrazine groups is 1. The van der Waals surface area contributed by atoms with Gasteiger partial charge in [0, 0.05) is 28.1 Å². The fraction of sp³-hybridized carbons (Fsp3) is 0.267. The van der Waals surface area contributed by atoms with Crippen molar-refractivity contribution in [3.05, 3.63) is 63.7 Å². The van der Waals surface area contributed by atoms with Crippen LogP contribution in [-0.2, 0) is 30.6 Å². The first-order valence-corrected chi connectivity index (χ1v) is 18.4. The van der Waals surface area contributed by atoms with E-state index in [0.29, 0.717) is 16.3 Å². The molecule has 290 valence electrons. The average molecular weight is 836 g/mol. The lowest BCUT2D eigenvalue weighted by Gasteiger charge is -2.49. The smallest absolute Gasteiger partial charge is 0.352 e. The Hall–Kier alpha value is -5.69. The normalized spacial score (nSPS) is 17.1. The van der Waals surface area contributed by atoms with Gasteiger partial charge in [-0.1, -0.05) is 5.16 Å². The van der Waals surface area contributed by atoms with Gasteiger partial charge in [0.2, 0.25) is 6.10 Å². The van der Waals surface area contributed by atoms with Gasteiger partial charge in [0.15, 0.2) is 28.2 Å². The van der Waals surface area contributed by atoms with Gasteiger partial charge in [0.1, 0.15) is 34.4 Å². The molecular weight excluding hydrogens is 806 g/mol. The number of rotatable bonds is 12. The maximum atomic E-state index is 13.5. The number of β-lactam (4-membered cyclic amide) rings is 1. The lowest BCUT2D eigenvalue weighted by atomic mass is 10.0. The van der Waals surface area contributed by atoms with E-state index in [1.807, 2.05) is 0 Å². The third-order valence-corrected chi connectivity index (χ3v) is 10.8. The summed E-state index contributed by atoms with van der Waals surface area (Å²) in [6.07, 6.45) is -1.39. The van der Waals surface area contributed by atoms with Gasteiger partial charge < -0.3 is 36.3 Å². The minimum atomic E-state index is -1.39. The average Bonchev–Trinajstić information content (AvgIpc) is 3.77. The van der Waals surface area contributed by atoms with Gasteiger partial charge in [-0.25, -0.2) is 14.8 Å². The number of hydrogen-bond acceptors (Lipinski definition) is 18. The zero-order valence-corrected chi connectivity index (χ0v) is 31.6. The number of phenols is 2. The molecule has 0 saturated carbocycles. The van der Waals surface area contributed by atoms with Crippen LogP contribution < -0.4 is 21.9 Å². The first kappa shape index (κ1) is 40.5. The number of aromatic hydroxyl groups is 2. The molecule has 25 heteroatoms. The van der Waals surface area contributed by atoms with Crippen LogP contribution in [0.4, 0.5) is 5.13 Å². The van der Waals surface area contributed by atoms with Crippen molar-refractivity contribution in [1.82, 2.24) is 45.6 Å². The minimum absolute atomic E-state index is 0. The highest BCUT2D eigenvalue weighted by molar-refractivity contribution is 8.01. The zero-order valence-electron chi connectivity index (χ0n) is 28.3. The number of aliphatic hydroxyl groups excluding tert-OH is 1. The van der Waals surface area contributed by atoms with E-state index < -0.39 is 64.3 Å². The Morgan fingerprint density at radius 2 is 1.91 bits per heavy atom. The van der Waals surface area contributed by atoms with Crippen molar-refractivity contribution < 1.29 is 49.2 Å². The molecule has 9 N–H and O–H groups in total. The topological polar surface area (TPSA) is 309 Å². The molecule has 3 aromatic heterocycles. The van der Waals surface area contributed by atoms with Crippen LogP contribution in [0, 0.1) is 6.92 Å². The number of aliphatic carboxylic acids is 1. The summed E-state index contributed by atoms with van der Waals surface area (Å²) in [5.74, 6) is -4.82. The highest BCUT2D eigenvalue weighted by Gasteiger charge is 2.54. The van der Waals surface area contributed by atoms with Crippen LogP contribution in [0.15, 0.2) is 51.1 Å². The Kier molecular flexibility index (Phi) is 12.3. The highest BCUT2D eigenvalue weighted by Crippen LogP contribution is 2.41. The Morgan fingerprint density at radius 3 is 2.58 bits per heavy atom. The molecule has 1 aromatic carbocycles. The highest BCUT2D eigenvalue weighted by atomic mass is 35.5. The predicted molar refractivity (Wildman–Crippen MR) is 198 cm³/mol. The molecule has 4 aromatic rings. The second kappa shape index (κ2) is 16.8. The number of thioether (sulfide) groups is 2. The summed E-state index contributed by atoms with van der Waals surface area (Å²) in [5.41, 5.74) is 10.3. The number of anilines is 1. The number of nitrogen functional groups attached to an aromatic ring is 1. The molecule has 0 bridgehead atoms. The van der Waals surface area contributed by atoms with Crippen LogP contribution >= 0.6 is 47.3 Å². The Balaban J connectivity index is 0.00000580. The number of nitrogens with zero attached hydrogens (tertiary/aromatic N) is 7. The van der Waals surface area contributed by atoms with Crippen LogP contribution in [0.3, 0.4) is 0 Å². The van der Waals surface area contributed by atoms with Crippen molar-refractivity contribution in [2.75, 3.05) is 17.2 Å². The number of carbonyl (C=O) groups excluding carboxylic acids is 4. The van der Waals surface area contributed by atoms with Gasteiger partial charge in [-0.05, 0) is 43.7 Å². The number of aromatic nitrogens is 5. The second-order valence-corrected chi connectivity index (χ2v) is 14.4. The number of halogens is 1. The van der Waals surface area contributed by atoms with E-state index in [0.717, 1.165) is 28.4 Å². The first-order valence-electron chi connectivity index (χ1n) is 15.5. The number of aliphatic hydroxyl groups is 1. The van der Waals surface area contributed by atoms with Gasteiger partial charge in [0.25, 0.3) is 29.4 Å². The largest absolute Gasteiger partial charge is 0.504 e. The van der Waals surface area contributed by atoms with E-state index in [2.05, 4.69) is 41.4 Å². The van der Waals surface area contributed by atoms with Crippen LogP contribution in [0.2, 0.25) is 0 Å². The molecule has 0 aliphatic carbocycles. The number of nitrogens with two attached hydrogens (primary N) is 1. The molecule has 2 aliphatic rings. The first-order chi connectivity index (χ1) is 25.7. The van der Waals surface area contributed by atoms with Crippen molar-refractivity contribution in [3.8, 4) is 11.5 Å². The number of carboxylic acids is 1. The number of carbonyl (C=O) groups is 5. The van der Waals surface area contributed by atoms with Crippen molar-refractivity contribution in [2.24, 2.45) is 5.16 Å². The summed E-state index contributed by atoms with van der Waals surface area (Å²) in [7, 11) is 0. The maximum Gasteiger partial charge on any atom is 0.352 e. The Morgan fingerprint density at radius 1 is 1.15 bits per heavy atom. The van der Waals surface area contributed by atoms with Crippen molar-refractivity contribution in [3.63, 3.8) is 0 Å². The number of benzene rings is 1. The van der Waals surface area contributed by atoms with E-state index in [1.54, 1.807) is 13.0 Å². The lowest BCUT2D eigenvalue weighted by Crippen LogP contribution is -2.71. The fourth-order valence-corrected chi connectivity index (χ4v) is 8.15. The quantitative estimate of drug-likeness (QED) is 0.0231. The summed E-state index contributed by atoms with van der Waals surface area (Å²) >= 11 is 3.48. The molecular formula is C30H30ClN11O10S3. The number of amides is 4. The Labute approximate surface area is 327 Å². The molecule has 1 fully saturated rings. The van der Waals surface area contributed by atoms with Gasteiger partial charge in [-0.2, -0.15) is 9.50 Å². The number of aryl methyl sites for hydroxylation is 1. The van der Waals surface area contributed by atoms with Gasteiger partial charge in [0.05, 0.1) is 0 Å². The van der Waals surface area contributed by atoms with Crippen molar-refractivity contribution in [1.29, 1.82) is 0 Å². The molecule has 2 aliphatic heterocycles. The van der Waals surface area contributed by atoms with Crippen LogP contribution in [0.1, 0.15) is 34.5 Å². The number of hydrogen-bond donors (Lipinski definition) is 8. The number of oxime groups is 1.